The molecule has 0 bridgehead atoms. The normalized spacial score (nSPS) is 8.81. The van der Waals surface area contributed by atoms with E-state index in [2.05, 4.69) is 0 Å². The predicted molar refractivity (Wildman–Crippen MR) is 99.2 cm³/mol. The average Bonchev–Trinajstić information content (AvgIpc) is 2.51. The monoisotopic (exact) mass is 305 g/mol. The summed E-state index contributed by atoms with van der Waals surface area (Å²) in [5, 5.41) is 0. The molecule has 0 heterocycles. The fraction of sp³-hybridized carbons (Fsp3) is 0.294. The van der Waals surface area contributed by atoms with Gasteiger partial charge in [-0.15, -0.1) is 11.8 Å². The van der Waals surface area contributed by atoms with Crippen LogP contribution in [-0.4, -0.2) is 20.4 Å². The molecule has 4 N–H and O–H groups in total. The molecule has 0 atom stereocenters. The highest BCUT2D eigenvalue weighted by molar-refractivity contribution is 7.98. The predicted octanol–water partition coefficient (Wildman–Crippen LogP) is 4.35. The summed E-state index contributed by atoms with van der Waals surface area (Å²) in [7, 11) is 4.01. The molecule has 2 aromatic rings. The SMILES string of the molecule is CC.CN(C)c1ccc(N)cc1.CSc1ccc(N)cc1. The fourth-order valence-corrected chi connectivity index (χ4v) is 1.78. The summed E-state index contributed by atoms with van der Waals surface area (Å²) in [6, 6.07) is 15.6. The Hall–Kier alpha value is -1.81. The zero-order valence-corrected chi connectivity index (χ0v) is 14.4. The smallest absolute Gasteiger partial charge is 0.0362 e. The van der Waals surface area contributed by atoms with Crippen molar-refractivity contribution in [2.24, 2.45) is 0 Å². The molecule has 3 nitrogen and oxygen atoms in total. The van der Waals surface area contributed by atoms with Crippen molar-refractivity contribution in [3.05, 3.63) is 48.5 Å². The third-order valence-corrected chi connectivity index (χ3v) is 3.27. The second-order valence-corrected chi connectivity index (χ2v) is 5.14. The van der Waals surface area contributed by atoms with Crippen LogP contribution in [0, 0.1) is 0 Å². The number of thioether (sulfide) groups is 1. The number of anilines is 3. The Kier molecular flexibility index (Phi) is 9.98. The lowest BCUT2D eigenvalue weighted by Crippen LogP contribution is -2.08. The van der Waals surface area contributed by atoms with Gasteiger partial charge in [-0.25, -0.2) is 0 Å². The maximum Gasteiger partial charge on any atom is 0.0362 e. The zero-order valence-electron chi connectivity index (χ0n) is 13.6. The Morgan fingerprint density at radius 1 is 0.762 bits per heavy atom. The molecular formula is C17H27N3S. The second-order valence-electron chi connectivity index (χ2n) is 4.26. The third-order valence-electron chi connectivity index (χ3n) is 2.53. The standard InChI is InChI=1S/C8H12N2.C7H9NS.C2H6/c1-10(2)8-5-3-7(9)4-6-8;1-9-7-4-2-6(8)3-5-7;1-2/h3-6H,9H2,1-2H3;2-5H,8H2,1H3;1-2H3. The largest absolute Gasteiger partial charge is 0.399 e. The van der Waals surface area contributed by atoms with Crippen molar-refractivity contribution < 1.29 is 0 Å². The van der Waals surface area contributed by atoms with Crippen LogP contribution in [0.5, 0.6) is 0 Å². The van der Waals surface area contributed by atoms with Crippen molar-refractivity contribution >= 4 is 28.8 Å². The number of hydrogen-bond donors (Lipinski definition) is 2. The second kappa shape index (κ2) is 10.9. The molecule has 0 spiro atoms. The lowest BCUT2D eigenvalue weighted by Gasteiger charge is -2.11. The van der Waals surface area contributed by atoms with Crippen LogP contribution in [0.2, 0.25) is 0 Å². The van der Waals surface area contributed by atoms with Crippen LogP contribution >= 0.6 is 11.8 Å². The summed E-state index contributed by atoms with van der Waals surface area (Å²) in [6.45, 7) is 4.00. The van der Waals surface area contributed by atoms with Gasteiger partial charge in [-0.1, -0.05) is 13.8 Å². The molecule has 0 saturated heterocycles. The van der Waals surface area contributed by atoms with E-state index >= 15 is 0 Å². The summed E-state index contributed by atoms with van der Waals surface area (Å²) in [5.41, 5.74) is 13.8. The summed E-state index contributed by atoms with van der Waals surface area (Å²) < 4.78 is 0. The van der Waals surface area contributed by atoms with Crippen molar-refractivity contribution in [1.82, 2.24) is 0 Å². The molecule has 116 valence electrons. The van der Waals surface area contributed by atoms with E-state index in [1.54, 1.807) is 11.8 Å². The molecule has 0 radical (unpaired) electrons. The lowest BCUT2D eigenvalue weighted by molar-refractivity contribution is 1.13. The van der Waals surface area contributed by atoms with E-state index in [0.29, 0.717) is 0 Å². The third kappa shape index (κ3) is 8.15. The van der Waals surface area contributed by atoms with Gasteiger partial charge in [0.05, 0.1) is 0 Å². The number of nitrogen functional groups attached to an aromatic ring is 2. The Morgan fingerprint density at radius 3 is 1.48 bits per heavy atom. The lowest BCUT2D eigenvalue weighted by atomic mass is 10.3. The summed E-state index contributed by atoms with van der Waals surface area (Å²) >= 11 is 1.72. The maximum atomic E-state index is 5.51. The molecule has 0 aromatic heterocycles. The molecule has 2 rings (SSSR count). The van der Waals surface area contributed by atoms with Crippen molar-refractivity contribution in [3.8, 4) is 0 Å². The Bertz CT molecular complexity index is 478. The van der Waals surface area contributed by atoms with Crippen LogP contribution in [0.3, 0.4) is 0 Å². The van der Waals surface area contributed by atoms with Gasteiger partial charge in [0.2, 0.25) is 0 Å². The molecule has 2 aromatic carbocycles. The van der Waals surface area contributed by atoms with E-state index in [0.717, 1.165) is 11.4 Å². The van der Waals surface area contributed by atoms with E-state index in [1.807, 2.05) is 87.6 Å². The first-order chi connectivity index (χ1) is 10.0. The number of rotatable bonds is 2. The van der Waals surface area contributed by atoms with Crippen LogP contribution in [0.4, 0.5) is 17.1 Å². The van der Waals surface area contributed by atoms with Crippen molar-refractivity contribution in [2.75, 3.05) is 36.7 Å². The van der Waals surface area contributed by atoms with Crippen LogP contribution in [-0.2, 0) is 0 Å². The van der Waals surface area contributed by atoms with E-state index in [1.165, 1.54) is 10.6 Å². The molecule has 0 aliphatic carbocycles. The Labute approximate surface area is 133 Å². The highest BCUT2D eigenvalue weighted by atomic mass is 32.2. The quantitative estimate of drug-likeness (QED) is 0.639. The molecule has 4 heteroatoms. The highest BCUT2D eigenvalue weighted by Crippen LogP contribution is 2.15. The Balaban J connectivity index is 0.000000342. The molecule has 0 amide bonds. The first kappa shape index (κ1) is 19.2. The first-order valence-corrected chi connectivity index (χ1v) is 8.18. The van der Waals surface area contributed by atoms with Crippen LogP contribution in [0.1, 0.15) is 13.8 Å². The molecular weight excluding hydrogens is 278 g/mol. The number of benzene rings is 2. The van der Waals surface area contributed by atoms with Crippen molar-refractivity contribution in [1.29, 1.82) is 0 Å². The van der Waals surface area contributed by atoms with Gasteiger partial charge in [-0.3, -0.25) is 0 Å². The minimum Gasteiger partial charge on any atom is -0.399 e. The van der Waals surface area contributed by atoms with E-state index < -0.39 is 0 Å². The van der Waals surface area contributed by atoms with Crippen LogP contribution < -0.4 is 16.4 Å². The topological polar surface area (TPSA) is 55.3 Å². The van der Waals surface area contributed by atoms with Gasteiger partial charge in [-0.2, -0.15) is 0 Å². The average molecular weight is 305 g/mol. The van der Waals surface area contributed by atoms with Gasteiger partial charge in [-0.05, 0) is 54.8 Å². The number of hydrogen-bond acceptors (Lipinski definition) is 4. The van der Waals surface area contributed by atoms with Crippen LogP contribution in [0.25, 0.3) is 0 Å². The van der Waals surface area contributed by atoms with Gasteiger partial charge in [0.1, 0.15) is 0 Å². The number of nitrogens with zero attached hydrogens (tertiary/aromatic N) is 1. The van der Waals surface area contributed by atoms with Gasteiger partial charge in [0.15, 0.2) is 0 Å². The van der Waals surface area contributed by atoms with Crippen LogP contribution in [0.15, 0.2) is 53.4 Å². The van der Waals surface area contributed by atoms with Crippen molar-refractivity contribution in [3.63, 3.8) is 0 Å². The van der Waals surface area contributed by atoms with Gasteiger partial charge in [0.25, 0.3) is 0 Å². The molecule has 0 aliphatic rings. The molecule has 0 fully saturated rings. The van der Waals surface area contributed by atoms with Gasteiger partial charge in [0, 0.05) is 36.1 Å². The molecule has 0 aliphatic heterocycles. The molecule has 0 saturated carbocycles. The van der Waals surface area contributed by atoms with Crippen molar-refractivity contribution in [2.45, 2.75) is 18.7 Å². The van der Waals surface area contributed by atoms with Gasteiger partial charge < -0.3 is 16.4 Å². The summed E-state index contributed by atoms with van der Waals surface area (Å²) in [5.74, 6) is 0. The minimum atomic E-state index is 0.811. The van der Waals surface area contributed by atoms with Gasteiger partial charge >= 0.3 is 0 Å². The zero-order chi connectivity index (χ0) is 16.3. The summed E-state index contributed by atoms with van der Waals surface area (Å²) in [6.07, 6.45) is 2.05. The van der Waals surface area contributed by atoms with E-state index in [-0.39, 0.29) is 0 Å². The van der Waals surface area contributed by atoms with E-state index in [4.69, 9.17) is 11.5 Å². The summed E-state index contributed by atoms with van der Waals surface area (Å²) in [4.78, 5) is 3.30. The Morgan fingerprint density at radius 2 is 1.14 bits per heavy atom. The maximum absolute atomic E-state index is 5.51. The molecule has 21 heavy (non-hydrogen) atoms. The minimum absolute atomic E-state index is 0.811. The highest BCUT2D eigenvalue weighted by Gasteiger charge is 1.91. The molecule has 0 unspecified atom stereocenters. The number of nitrogens with two attached hydrogens (primary N) is 2. The first-order valence-electron chi connectivity index (χ1n) is 6.95. The van der Waals surface area contributed by atoms with E-state index in [9.17, 15) is 0 Å². The fourth-order valence-electron chi connectivity index (χ4n) is 1.38.